The fourth-order valence-corrected chi connectivity index (χ4v) is 10.5. The molecule has 1 rings (SSSR count). The van der Waals surface area contributed by atoms with Gasteiger partial charge in [-0.3, -0.25) is 0 Å². The van der Waals surface area contributed by atoms with Crippen LogP contribution in [0, 0.1) is 0 Å². The first-order valence-electron chi connectivity index (χ1n) is 20.6. The molecule has 0 amide bonds. The molecule has 0 bridgehead atoms. The molecule has 0 heterocycles. The second kappa shape index (κ2) is 23.1. The summed E-state index contributed by atoms with van der Waals surface area (Å²) in [4.78, 5) is 0. The van der Waals surface area contributed by atoms with Gasteiger partial charge < -0.3 is 21.3 Å². The topological polar surface area (TPSA) is 48.1 Å². The Bertz CT molecular complexity index is 887. The smallest absolute Gasteiger partial charge is 0.0290 e. The Labute approximate surface area is 354 Å². The zero-order valence-electron chi connectivity index (χ0n) is 41.2. The van der Waals surface area contributed by atoms with Gasteiger partial charge in [0.2, 0.25) is 0 Å². The van der Waals surface area contributed by atoms with Gasteiger partial charge in [0.25, 0.3) is 0 Å². The maximum atomic E-state index is 3.63. The van der Waals surface area contributed by atoms with Crippen LogP contribution >= 0.6 is 47.0 Å². The van der Waals surface area contributed by atoms with E-state index in [1.165, 1.54) is 25.1 Å². The molecule has 0 radical (unpaired) electrons. The van der Waals surface area contributed by atoms with Crippen molar-refractivity contribution in [1.29, 1.82) is 0 Å². The standard InChI is InChI=1S/C12H25NS.C12H27NS.C11H25NS.C10H23NS/c1-10(2,3)13-9-12(7-8-12)14-11(4,5)6;1-10(2,3)13-9-12(7,8)14-11(4,5)6;1-9(13-11(5,6)7)8-12-10(2,3)4;1-9(2,3)11-7-8-12-10(4,5)6/h13H,7-9H2,1-6H3;13H,9H2,1-8H3;9,12H,8H2,1-7H3;11H,7-8H2,1-6H3. The molecule has 4 N–H and O–H groups in total. The van der Waals surface area contributed by atoms with Crippen molar-refractivity contribution in [2.75, 3.05) is 31.9 Å². The van der Waals surface area contributed by atoms with Crippen LogP contribution in [-0.4, -0.2) is 87.8 Å². The van der Waals surface area contributed by atoms with E-state index in [2.05, 4.69) is 220 Å². The van der Waals surface area contributed by atoms with Gasteiger partial charge in [0.15, 0.2) is 0 Å². The van der Waals surface area contributed by atoms with Gasteiger partial charge in [-0.15, -0.1) is 23.5 Å². The van der Waals surface area contributed by atoms with Gasteiger partial charge >= 0.3 is 0 Å². The van der Waals surface area contributed by atoms with Crippen molar-refractivity contribution in [2.24, 2.45) is 0 Å². The lowest BCUT2D eigenvalue weighted by Crippen LogP contribution is -2.44. The molecule has 324 valence electrons. The number of hydrogen-bond acceptors (Lipinski definition) is 8. The SMILES string of the molecule is CC(C)(C)NCC(C)(C)SC(C)(C)C.CC(C)(C)NCC1(SC(C)(C)C)CC1.CC(C)(C)NCCSC(C)(C)C.CC(CNC(C)(C)C)SC(C)(C)C. The van der Waals surface area contributed by atoms with Crippen molar-refractivity contribution < 1.29 is 0 Å². The van der Waals surface area contributed by atoms with E-state index in [0.29, 0.717) is 33.7 Å². The maximum absolute atomic E-state index is 3.63. The van der Waals surface area contributed by atoms with Crippen LogP contribution in [0.3, 0.4) is 0 Å². The lowest BCUT2D eigenvalue weighted by atomic mass is 10.1. The predicted molar refractivity (Wildman–Crippen MR) is 261 cm³/mol. The summed E-state index contributed by atoms with van der Waals surface area (Å²) in [6.07, 6.45) is 2.77. The van der Waals surface area contributed by atoms with Gasteiger partial charge in [0.1, 0.15) is 0 Å². The average Bonchev–Trinajstić information content (AvgIpc) is 3.58. The molecule has 1 aliphatic rings. The second-order valence-corrected chi connectivity index (χ2v) is 32.9. The van der Waals surface area contributed by atoms with Crippen LogP contribution in [0.4, 0.5) is 0 Å². The molecule has 0 aliphatic heterocycles. The zero-order chi connectivity index (χ0) is 43.2. The summed E-state index contributed by atoms with van der Waals surface area (Å²) in [6, 6.07) is 0. The molecule has 1 saturated carbocycles. The van der Waals surface area contributed by atoms with Crippen LogP contribution in [0.15, 0.2) is 0 Å². The van der Waals surface area contributed by atoms with Crippen LogP contribution in [0.25, 0.3) is 0 Å². The minimum atomic E-state index is 0.218. The number of rotatable bonds is 12. The number of thioether (sulfide) groups is 4. The lowest BCUT2D eigenvalue weighted by molar-refractivity contribution is 0.405. The predicted octanol–water partition coefficient (Wildman–Crippen LogP) is 13.3. The minimum absolute atomic E-state index is 0.218. The monoisotopic (exact) mass is 825 g/mol. The fourth-order valence-electron chi connectivity index (χ4n) is 4.75. The van der Waals surface area contributed by atoms with E-state index in [1.54, 1.807) is 0 Å². The van der Waals surface area contributed by atoms with Gasteiger partial charge in [-0.25, -0.2) is 0 Å². The lowest BCUT2D eigenvalue weighted by Gasteiger charge is -2.35. The average molecular weight is 826 g/mol. The molecule has 0 aromatic rings. The fraction of sp³-hybridized carbons (Fsp3) is 1.00. The molecule has 1 fully saturated rings. The van der Waals surface area contributed by atoms with Crippen LogP contribution < -0.4 is 21.3 Å². The third kappa shape index (κ3) is 51.2. The first kappa shape index (κ1) is 58.6. The van der Waals surface area contributed by atoms with Crippen molar-refractivity contribution in [1.82, 2.24) is 21.3 Å². The molecule has 0 aromatic heterocycles. The molecule has 0 aromatic carbocycles. The molecule has 1 aliphatic carbocycles. The highest BCUT2D eigenvalue weighted by Crippen LogP contribution is 2.53. The van der Waals surface area contributed by atoms with E-state index in [-0.39, 0.29) is 22.2 Å². The Morgan fingerprint density at radius 1 is 0.491 bits per heavy atom. The summed E-state index contributed by atoms with van der Waals surface area (Å²) in [5, 5.41) is 14.9. The van der Waals surface area contributed by atoms with Gasteiger partial charge in [0.05, 0.1) is 0 Å². The van der Waals surface area contributed by atoms with E-state index >= 15 is 0 Å². The largest absolute Gasteiger partial charge is 0.311 e. The third-order valence-corrected chi connectivity index (χ3v) is 12.1. The Morgan fingerprint density at radius 3 is 1.21 bits per heavy atom. The van der Waals surface area contributed by atoms with E-state index in [4.69, 9.17) is 0 Å². The minimum Gasteiger partial charge on any atom is -0.311 e. The molecule has 1 atom stereocenters. The second-order valence-electron chi connectivity index (χ2n) is 23.9. The molecular formula is C45H100N4S4. The highest BCUT2D eigenvalue weighted by Gasteiger charge is 2.46. The molecule has 1 unspecified atom stereocenters. The van der Waals surface area contributed by atoms with Crippen molar-refractivity contribution in [3.8, 4) is 0 Å². The van der Waals surface area contributed by atoms with E-state index < -0.39 is 0 Å². The van der Waals surface area contributed by atoms with Gasteiger partial charge in [-0.05, 0) is 110 Å². The first-order valence-corrected chi connectivity index (χ1v) is 24.1. The van der Waals surface area contributed by atoms with Crippen LogP contribution in [-0.2, 0) is 0 Å². The maximum Gasteiger partial charge on any atom is 0.0290 e. The first-order chi connectivity index (χ1) is 22.8. The quantitative estimate of drug-likeness (QED) is 0.145. The summed E-state index contributed by atoms with van der Waals surface area (Å²) in [5.74, 6) is 1.20. The van der Waals surface area contributed by atoms with Gasteiger partial charge in [0, 0.05) is 87.8 Å². The van der Waals surface area contributed by atoms with E-state index in [0.717, 1.165) is 19.6 Å². The summed E-state index contributed by atoms with van der Waals surface area (Å²) in [7, 11) is 0. The molecule has 53 heavy (non-hydrogen) atoms. The summed E-state index contributed by atoms with van der Waals surface area (Å²) < 4.78 is 2.36. The molecule has 4 nitrogen and oxygen atoms in total. The van der Waals surface area contributed by atoms with Crippen molar-refractivity contribution in [2.45, 2.75) is 256 Å². The normalized spacial score (nSPS) is 16.4. The van der Waals surface area contributed by atoms with Crippen molar-refractivity contribution >= 4 is 47.0 Å². The van der Waals surface area contributed by atoms with Gasteiger partial charge in [-0.2, -0.15) is 23.5 Å². The molecule has 0 spiro atoms. The highest BCUT2D eigenvalue weighted by atomic mass is 32.2. The zero-order valence-corrected chi connectivity index (χ0v) is 44.4. The van der Waals surface area contributed by atoms with E-state index in [1.807, 2.05) is 35.3 Å². The number of nitrogens with one attached hydrogen (secondary N) is 4. The van der Waals surface area contributed by atoms with Crippen LogP contribution in [0.2, 0.25) is 0 Å². The highest BCUT2D eigenvalue weighted by molar-refractivity contribution is 8.02. The third-order valence-electron chi connectivity index (χ3n) is 6.67. The van der Waals surface area contributed by atoms with Gasteiger partial charge in [-0.1, -0.05) is 90.0 Å². The Hall–Kier alpha value is 1.24. The number of hydrogen-bond donors (Lipinski definition) is 4. The molecular weight excluding hydrogens is 725 g/mol. The summed E-state index contributed by atoms with van der Waals surface area (Å²) in [6.45, 7) is 65.3. The van der Waals surface area contributed by atoms with E-state index in [9.17, 15) is 0 Å². The summed E-state index contributed by atoms with van der Waals surface area (Å²) >= 11 is 8.23. The Balaban J connectivity index is -0.000000630. The van der Waals surface area contributed by atoms with Crippen LogP contribution in [0.1, 0.15) is 200 Å². The Morgan fingerprint density at radius 2 is 0.906 bits per heavy atom. The Kier molecular flexibility index (Phi) is 25.6. The molecule has 8 heteroatoms. The summed E-state index contributed by atoms with van der Waals surface area (Å²) in [5.41, 5.74) is 0.981. The van der Waals surface area contributed by atoms with Crippen molar-refractivity contribution in [3.05, 3.63) is 0 Å². The van der Waals surface area contributed by atoms with Crippen molar-refractivity contribution in [3.63, 3.8) is 0 Å². The van der Waals surface area contributed by atoms with Crippen LogP contribution in [0.5, 0.6) is 0 Å². The molecule has 0 saturated heterocycles.